The Morgan fingerprint density at radius 1 is 1.20 bits per heavy atom. The van der Waals surface area contributed by atoms with E-state index in [1.165, 1.54) is 12.1 Å². The molecular weight excluding hydrogens is 321 g/mol. The fourth-order valence-corrected chi connectivity index (χ4v) is 3.94. The zero-order valence-corrected chi connectivity index (χ0v) is 14.9. The van der Waals surface area contributed by atoms with Crippen molar-refractivity contribution >= 4 is 11.8 Å². The summed E-state index contributed by atoms with van der Waals surface area (Å²) in [6, 6.07) is 6.35. The van der Waals surface area contributed by atoms with E-state index in [1.807, 2.05) is 23.9 Å². The van der Waals surface area contributed by atoms with Crippen LogP contribution in [-0.4, -0.2) is 72.3 Å². The number of carbonyl (C=O) groups excluding carboxylic acids is 2. The van der Waals surface area contributed by atoms with E-state index in [1.54, 1.807) is 12.1 Å². The monoisotopic (exact) mass is 347 g/mol. The Morgan fingerprint density at radius 3 is 2.60 bits per heavy atom. The molecule has 3 rings (SSSR count). The number of carbonyl (C=O) groups is 2. The summed E-state index contributed by atoms with van der Waals surface area (Å²) in [5.74, 6) is -0.0169. The van der Waals surface area contributed by atoms with E-state index in [0.717, 1.165) is 24.9 Å². The van der Waals surface area contributed by atoms with Crippen molar-refractivity contribution in [2.24, 2.45) is 0 Å². The molecule has 1 aromatic rings. The van der Waals surface area contributed by atoms with E-state index in [0.29, 0.717) is 19.5 Å². The van der Waals surface area contributed by atoms with Gasteiger partial charge in [-0.1, -0.05) is 12.1 Å². The number of piperidine rings is 1. The van der Waals surface area contributed by atoms with Gasteiger partial charge in [-0.3, -0.25) is 9.59 Å². The molecule has 25 heavy (non-hydrogen) atoms. The van der Waals surface area contributed by atoms with Gasteiger partial charge in [-0.25, -0.2) is 4.39 Å². The van der Waals surface area contributed by atoms with Crippen molar-refractivity contribution in [3.8, 4) is 0 Å². The van der Waals surface area contributed by atoms with E-state index in [2.05, 4.69) is 4.90 Å². The van der Waals surface area contributed by atoms with Crippen molar-refractivity contribution in [1.29, 1.82) is 0 Å². The quantitative estimate of drug-likeness (QED) is 0.811. The van der Waals surface area contributed by atoms with Gasteiger partial charge < -0.3 is 14.7 Å². The van der Waals surface area contributed by atoms with Crippen molar-refractivity contribution < 1.29 is 14.0 Å². The van der Waals surface area contributed by atoms with E-state index in [-0.39, 0.29) is 36.1 Å². The predicted octanol–water partition coefficient (Wildman–Crippen LogP) is 1.52. The number of likely N-dealkylation sites (N-methyl/N-ethyl adjacent to an activating group) is 1. The molecule has 0 N–H and O–H groups in total. The lowest BCUT2D eigenvalue weighted by atomic mass is 9.96. The maximum atomic E-state index is 13.0. The smallest absolute Gasteiger partial charge is 0.227 e. The largest absolute Gasteiger partial charge is 0.337 e. The average molecular weight is 347 g/mol. The highest BCUT2D eigenvalue weighted by Crippen LogP contribution is 2.31. The minimum Gasteiger partial charge on any atom is -0.337 e. The summed E-state index contributed by atoms with van der Waals surface area (Å²) in [5, 5.41) is 0. The highest BCUT2D eigenvalue weighted by atomic mass is 19.1. The first-order chi connectivity index (χ1) is 12.0. The maximum absolute atomic E-state index is 13.0. The minimum absolute atomic E-state index is 0.0704. The van der Waals surface area contributed by atoms with Crippen LogP contribution in [0.1, 0.15) is 24.8 Å². The summed E-state index contributed by atoms with van der Waals surface area (Å²) >= 11 is 0. The third-order valence-electron chi connectivity index (χ3n) is 5.26. The molecule has 0 radical (unpaired) electrons. The third-order valence-corrected chi connectivity index (χ3v) is 5.26. The number of hydrogen-bond donors (Lipinski definition) is 0. The van der Waals surface area contributed by atoms with E-state index in [4.69, 9.17) is 0 Å². The van der Waals surface area contributed by atoms with Gasteiger partial charge in [-0.2, -0.15) is 0 Å². The summed E-state index contributed by atoms with van der Waals surface area (Å²) in [5.41, 5.74) is 0.825. The second-order valence-corrected chi connectivity index (χ2v) is 7.24. The van der Waals surface area contributed by atoms with Gasteiger partial charge in [0, 0.05) is 26.1 Å². The maximum Gasteiger partial charge on any atom is 0.227 e. The van der Waals surface area contributed by atoms with Crippen LogP contribution in [0.15, 0.2) is 24.3 Å². The number of halogens is 1. The molecule has 5 nitrogen and oxygen atoms in total. The van der Waals surface area contributed by atoms with Gasteiger partial charge in [0.25, 0.3) is 0 Å². The van der Waals surface area contributed by atoms with E-state index < -0.39 is 0 Å². The summed E-state index contributed by atoms with van der Waals surface area (Å²) < 4.78 is 13.0. The zero-order valence-electron chi connectivity index (χ0n) is 14.9. The molecule has 2 heterocycles. The van der Waals surface area contributed by atoms with Crippen molar-refractivity contribution in [3.63, 3.8) is 0 Å². The molecule has 2 aliphatic rings. The van der Waals surface area contributed by atoms with Crippen LogP contribution >= 0.6 is 0 Å². The molecule has 2 amide bonds. The second-order valence-electron chi connectivity index (χ2n) is 7.24. The third kappa shape index (κ3) is 4.00. The standard InChI is InChI=1S/C19H26FN3O2/c1-21(2)11-12-23-17-9-10-22(16(17)7-8-18(23)24)19(25)13-14-3-5-15(20)6-4-14/h3-6,16-17H,7-13H2,1-2H3. The number of likely N-dealkylation sites (tertiary alicyclic amines) is 2. The number of amides is 2. The molecule has 2 fully saturated rings. The Bertz CT molecular complexity index is 632. The van der Waals surface area contributed by atoms with Crippen LogP contribution < -0.4 is 0 Å². The molecule has 2 aliphatic heterocycles. The predicted molar refractivity (Wildman–Crippen MR) is 93.5 cm³/mol. The number of fused-ring (bicyclic) bond motifs is 1. The fraction of sp³-hybridized carbons (Fsp3) is 0.579. The lowest BCUT2D eigenvalue weighted by molar-refractivity contribution is -0.141. The first-order valence-corrected chi connectivity index (χ1v) is 8.94. The van der Waals surface area contributed by atoms with Gasteiger partial charge in [0.05, 0.1) is 18.5 Å². The average Bonchev–Trinajstić information content (AvgIpc) is 3.00. The van der Waals surface area contributed by atoms with Crippen molar-refractivity contribution in [2.75, 3.05) is 33.7 Å². The van der Waals surface area contributed by atoms with Crippen LogP contribution in [0.5, 0.6) is 0 Å². The minimum atomic E-state index is -0.292. The topological polar surface area (TPSA) is 43.9 Å². The molecule has 2 unspecified atom stereocenters. The normalized spacial score (nSPS) is 23.3. The Morgan fingerprint density at radius 2 is 1.92 bits per heavy atom. The van der Waals surface area contributed by atoms with E-state index >= 15 is 0 Å². The number of hydrogen-bond acceptors (Lipinski definition) is 3. The van der Waals surface area contributed by atoms with Crippen molar-refractivity contribution in [1.82, 2.24) is 14.7 Å². The molecule has 2 atom stereocenters. The summed E-state index contributed by atoms with van der Waals surface area (Å²) in [7, 11) is 4.00. The first-order valence-electron chi connectivity index (χ1n) is 8.94. The van der Waals surface area contributed by atoms with Crippen molar-refractivity contribution in [3.05, 3.63) is 35.6 Å². The molecule has 1 aromatic carbocycles. The summed E-state index contributed by atoms with van der Waals surface area (Å²) in [6.07, 6.45) is 2.39. The molecule has 0 saturated carbocycles. The number of rotatable bonds is 5. The van der Waals surface area contributed by atoms with Gasteiger partial charge in [0.1, 0.15) is 5.82 Å². The Kier molecular flexibility index (Phi) is 5.37. The van der Waals surface area contributed by atoms with Gasteiger partial charge in [0.2, 0.25) is 11.8 Å². The molecule has 0 spiro atoms. The number of nitrogens with zero attached hydrogens (tertiary/aromatic N) is 3. The lowest BCUT2D eigenvalue weighted by Crippen LogP contribution is -2.54. The highest BCUT2D eigenvalue weighted by Gasteiger charge is 2.44. The van der Waals surface area contributed by atoms with Gasteiger partial charge >= 0.3 is 0 Å². The van der Waals surface area contributed by atoms with Crippen LogP contribution in [0.3, 0.4) is 0 Å². The molecule has 0 aromatic heterocycles. The summed E-state index contributed by atoms with van der Waals surface area (Å²) in [4.78, 5) is 31.0. The summed E-state index contributed by atoms with van der Waals surface area (Å²) in [6.45, 7) is 2.24. The molecule has 0 bridgehead atoms. The lowest BCUT2D eigenvalue weighted by Gasteiger charge is -2.40. The Labute approximate surface area is 148 Å². The molecule has 136 valence electrons. The number of benzene rings is 1. The Balaban J connectivity index is 1.65. The molecule has 2 saturated heterocycles. The second kappa shape index (κ2) is 7.52. The highest BCUT2D eigenvalue weighted by molar-refractivity contribution is 5.81. The Hall–Kier alpha value is -1.95. The van der Waals surface area contributed by atoms with Crippen molar-refractivity contribution in [2.45, 2.75) is 37.8 Å². The van der Waals surface area contributed by atoms with E-state index in [9.17, 15) is 14.0 Å². The SMILES string of the molecule is CN(C)CCN1C(=O)CCC2C1CCN2C(=O)Cc1ccc(F)cc1. The van der Waals surface area contributed by atoms with Crippen LogP contribution in [0.25, 0.3) is 0 Å². The molecule has 0 aliphatic carbocycles. The fourth-order valence-electron chi connectivity index (χ4n) is 3.94. The first kappa shape index (κ1) is 17.9. The van der Waals surface area contributed by atoms with Crippen LogP contribution in [-0.2, 0) is 16.0 Å². The van der Waals surface area contributed by atoms with Crippen LogP contribution in [0.4, 0.5) is 4.39 Å². The van der Waals surface area contributed by atoms with Crippen LogP contribution in [0.2, 0.25) is 0 Å². The molecular formula is C19H26FN3O2. The van der Waals surface area contributed by atoms with Gasteiger partial charge in [0.15, 0.2) is 0 Å². The van der Waals surface area contributed by atoms with Gasteiger partial charge in [-0.15, -0.1) is 0 Å². The molecule has 6 heteroatoms. The van der Waals surface area contributed by atoms with Crippen LogP contribution in [0, 0.1) is 5.82 Å². The van der Waals surface area contributed by atoms with Gasteiger partial charge in [-0.05, 0) is 44.6 Å². The zero-order chi connectivity index (χ0) is 18.0.